The average Bonchev–Trinajstić information content (AvgIpc) is 3.00. The van der Waals surface area contributed by atoms with E-state index in [1.807, 2.05) is 23.0 Å². The molecule has 0 radical (unpaired) electrons. The third kappa shape index (κ3) is 4.06. The summed E-state index contributed by atoms with van der Waals surface area (Å²) in [5, 5.41) is 0. The minimum absolute atomic E-state index is 0.340. The number of fused-ring (bicyclic) bond motifs is 1. The number of nitrogens with zero attached hydrogens (tertiary/aromatic N) is 2. The van der Waals surface area contributed by atoms with Crippen LogP contribution in [0.3, 0.4) is 0 Å². The van der Waals surface area contributed by atoms with Gasteiger partial charge < -0.3 is 18.6 Å². The Labute approximate surface area is 158 Å². The molecule has 5 nitrogen and oxygen atoms in total. The van der Waals surface area contributed by atoms with Crippen LogP contribution in [-0.2, 0) is 20.8 Å². The van der Waals surface area contributed by atoms with Gasteiger partial charge in [-0.3, -0.25) is 0 Å². The van der Waals surface area contributed by atoms with Crippen molar-refractivity contribution >= 4 is 31.7 Å². The molecule has 3 rings (SSSR count). The van der Waals surface area contributed by atoms with Crippen LogP contribution in [0.5, 0.6) is 0 Å². The highest BCUT2D eigenvalue weighted by molar-refractivity contribution is 6.76. The van der Waals surface area contributed by atoms with Gasteiger partial charge in [-0.1, -0.05) is 25.7 Å². The Morgan fingerprint density at radius 2 is 1.77 bits per heavy atom. The number of imidazole rings is 1. The first-order valence-electron chi connectivity index (χ1n) is 9.37. The van der Waals surface area contributed by atoms with E-state index in [4.69, 9.17) is 14.0 Å². The van der Waals surface area contributed by atoms with E-state index in [1.54, 1.807) is 0 Å². The summed E-state index contributed by atoms with van der Waals surface area (Å²) in [5.41, 5.74) is 2.34. The zero-order chi connectivity index (χ0) is 19.2. The van der Waals surface area contributed by atoms with Crippen LogP contribution >= 0.6 is 0 Å². The van der Waals surface area contributed by atoms with Gasteiger partial charge in [-0.15, -0.1) is 0 Å². The molecule has 0 bridgehead atoms. The highest BCUT2D eigenvalue weighted by Crippen LogP contribution is 2.36. The van der Waals surface area contributed by atoms with Gasteiger partial charge in [0.05, 0.1) is 28.6 Å². The zero-order valence-corrected chi connectivity index (χ0v) is 18.1. The topological polar surface area (TPSA) is 45.5 Å². The lowest BCUT2D eigenvalue weighted by atomic mass is 9.79. The fourth-order valence-electron chi connectivity index (χ4n) is 2.84. The van der Waals surface area contributed by atoms with Crippen LogP contribution in [0, 0.1) is 0 Å². The van der Waals surface area contributed by atoms with Gasteiger partial charge in [0, 0.05) is 14.7 Å². The van der Waals surface area contributed by atoms with Gasteiger partial charge in [-0.05, 0) is 51.3 Å². The Kier molecular flexibility index (Phi) is 5.12. The summed E-state index contributed by atoms with van der Waals surface area (Å²) in [6, 6.07) is 7.33. The summed E-state index contributed by atoms with van der Waals surface area (Å²) in [6.07, 6.45) is 1.84. The van der Waals surface area contributed by atoms with Gasteiger partial charge in [0.15, 0.2) is 0 Å². The molecule has 1 aromatic carbocycles. The number of hydrogen-bond acceptors (Lipinski definition) is 4. The van der Waals surface area contributed by atoms with E-state index in [0.717, 1.165) is 23.1 Å². The van der Waals surface area contributed by atoms with Crippen molar-refractivity contribution in [2.45, 2.75) is 71.3 Å². The lowest BCUT2D eigenvalue weighted by Gasteiger charge is -2.32. The van der Waals surface area contributed by atoms with Gasteiger partial charge in [0.1, 0.15) is 6.73 Å². The molecule has 0 N–H and O–H groups in total. The minimum atomic E-state index is -1.07. The van der Waals surface area contributed by atoms with Gasteiger partial charge in [0.2, 0.25) is 0 Å². The van der Waals surface area contributed by atoms with Crippen LogP contribution in [0.1, 0.15) is 27.7 Å². The molecule has 1 saturated heterocycles. The number of benzene rings is 1. The summed E-state index contributed by atoms with van der Waals surface area (Å²) in [4.78, 5) is 4.48. The molecule has 7 heteroatoms. The predicted octanol–water partition coefficient (Wildman–Crippen LogP) is 3.65. The summed E-state index contributed by atoms with van der Waals surface area (Å²) in [6.45, 7) is 16.7. The number of aromatic nitrogens is 2. The van der Waals surface area contributed by atoms with E-state index in [2.05, 4.69) is 58.4 Å². The first kappa shape index (κ1) is 19.6. The number of hydrogen-bond donors (Lipinski definition) is 0. The lowest BCUT2D eigenvalue weighted by Crippen LogP contribution is -2.41. The van der Waals surface area contributed by atoms with Crippen LogP contribution in [-0.4, -0.2) is 42.6 Å². The van der Waals surface area contributed by atoms with Crippen LogP contribution in [0.2, 0.25) is 25.7 Å². The third-order valence-corrected chi connectivity index (χ3v) is 7.10. The Bertz CT molecular complexity index is 767. The molecule has 2 heterocycles. The molecular weight excluding hydrogens is 343 g/mol. The maximum absolute atomic E-state index is 6.17. The molecule has 1 aliphatic heterocycles. The molecule has 1 aromatic heterocycles. The van der Waals surface area contributed by atoms with E-state index in [0.29, 0.717) is 6.73 Å². The van der Waals surface area contributed by atoms with Crippen molar-refractivity contribution in [1.82, 2.24) is 9.55 Å². The second kappa shape index (κ2) is 6.78. The SMILES string of the molecule is CC1(C)OB(c2ccc3ncn(COCC[Si](C)(C)C)c3c2)OC1(C)C. The molecule has 0 aliphatic carbocycles. The Morgan fingerprint density at radius 3 is 2.38 bits per heavy atom. The van der Waals surface area contributed by atoms with Crippen molar-refractivity contribution in [2.24, 2.45) is 0 Å². The first-order chi connectivity index (χ1) is 12.0. The highest BCUT2D eigenvalue weighted by atomic mass is 28.3. The van der Waals surface area contributed by atoms with E-state index < -0.39 is 8.07 Å². The fourth-order valence-corrected chi connectivity index (χ4v) is 3.60. The molecule has 0 unspecified atom stereocenters. The molecular formula is C19H31BN2O3Si. The largest absolute Gasteiger partial charge is 0.494 e. The Morgan fingerprint density at radius 1 is 1.12 bits per heavy atom. The van der Waals surface area contributed by atoms with Crippen molar-refractivity contribution < 1.29 is 14.0 Å². The smallest absolute Gasteiger partial charge is 0.399 e. The van der Waals surface area contributed by atoms with Crippen molar-refractivity contribution in [3.63, 3.8) is 0 Å². The van der Waals surface area contributed by atoms with Gasteiger partial charge in [-0.25, -0.2) is 4.98 Å². The van der Waals surface area contributed by atoms with E-state index in [1.165, 1.54) is 6.04 Å². The molecule has 0 spiro atoms. The molecule has 1 aliphatic rings. The Hall–Kier alpha value is -1.15. The predicted molar refractivity (Wildman–Crippen MR) is 110 cm³/mol. The maximum atomic E-state index is 6.17. The first-order valence-corrected chi connectivity index (χ1v) is 13.1. The van der Waals surface area contributed by atoms with Gasteiger partial charge in [-0.2, -0.15) is 0 Å². The highest BCUT2D eigenvalue weighted by Gasteiger charge is 2.51. The maximum Gasteiger partial charge on any atom is 0.494 e. The van der Waals surface area contributed by atoms with E-state index in [-0.39, 0.29) is 18.3 Å². The van der Waals surface area contributed by atoms with E-state index in [9.17, 15) is 0 Å². The third-order valence-electron chi connectivity index (χ3n) is 5.40. The summed E-state index contributed by atoms with van der Waals surface area (Å²) in [5.74, 6) is 0. The average molecular weight is 374 g/mol. The van der Waals surface area contributed by atoms with Gasteiger partial charge in [0.25, 0.3) is 0 Å². The van der Waals surface area contributed by atoms with Gasteiger partial charge >= 0.3 is 7.12 Å². The minimum Gasteiger partial charge on any atom is -0.399 e. The molecule has 0 atom stereocenters. The second-order valence-corrected chi connectivity index (χ2v) is 15.0. The normalized spacial score (nSPS) is 19.4. The van der Waals surface area contributed by atoms with Crippen molar-refractivity contribution in [1.29, 1.82) is 0 Å². The van der Waals surface area contributed by atoms with Crippen LogP contribution in [0.25, 0.3) is 11.0 Å². The summed E-state index contributed by atoms with van der Waals surface area (Å²) >= 11 is 0. The standard InChI is InChI=1S/C19H31BN2O3Si/c1-18(2)19(3,4)25-20(24-18)15-8-9-16-17(12-15)22(13-21-16)14-23-10-11-26(5,6)7/h8-9,12-13H,10-11,14H2,1-7H3. The van der Waals surface area contributed by atoms with Crippen LogP contribution in [0.4, 0.5) is 0 Å². The molecule has 142 valence electrons. The van der Waals surface area contributed by atoms with Crippen LogP contribution < -0.4 is 5.46 Å². The number of ether oxygens (including phenoxy) is 1. The monoisotopic (exact) mass is 374 g/mol. The van der Waals surface area contributed by atoms with Crippen molar-refractivity contribution in [2.75, 3.05) is 6.61 Å². The fraction of sp³-hybridized carbons (Fsp3) is 0.632. The van der Waals surface area contributed by atoms with Crippen LogP contribution in [0.15, 0.2) is 24.5 Å². The molecule has 26 heavy (non-hydrogen) atoms. The summed E-state index contributed by atoms with van der Waals surface area (Å²) < 4.78 is 20.3. The Balaban J connectivity index is 1.74. The molecule has 0 amide bonds. The second-order valence-electron chi connectivity index (χ2n) is 9.40. The molecule has 1 fully saturated rings. The quantitative estimate of drug-likeness (QED) is 0.572. The summed E-state index contributed by atoms with van der Waals surface area (Å²) in [7, 11) is -1.43. The van der Waals surface area contributed by atoms with Crippen molar-refractivity contribution in [3.05, 3.63) is 24.5 Å². The molecule has 2 aromatic rings. The molecule has 0 saturated carbocycles. The van der Waals surface area contributed by atoms with E-state index >= 15 is 0 Å². The number of rotatable bonds is 6. The van der Waals surface area contributed by atoms with Crippen molar-refractivity contribution in [3.8, 4) is 0 Å². The lowest BCUT2D eigenvalue weighted by molar-refractivity contribution is 0.00578. The zero-order valence-electron chi connectivity index (χ0n) is 17.1.